The Hall–Kier alpha value is -1.66. The van der Waals surface area contributed by atoms with Gasteiger partial charge in [0, 0.05) is 6.21 Å². The Morgan fingerprint density at radius 1 is 1.12 bits per heavy atom. The van der Waals surface area contributed by atoms with Gasteiger partial charge in [0.1, 0.15) is 29.8 Å². The maximum Gasteiger partial charge on any atom is 0.469 e. The molecule has 0 amide bonds. The number of ether oxygens (including phenoxy) is 1. The van der Waals surface area contributed by atoms with Gasteiger partial charge in [-0.15, -0.1) is 0 Å². The maximum absolute atomic E-state index is 11.1. The first kappa shape index (κ1) is 23.1. The van der Waals surface area contributed by atoms with Gasteiger partial charge in [0.2, 0.25) is 0 Å². The Labute approximate surface area is 191 Å². The normalized spacial score (nSPS) is 40.7. The Bertz CT molecular complexity index is 980. The molecular formula is C20H30N5O7P. The lowest BCUT2D eigenvalue weighted by atomic mass is 9.75. The van der Waals surface area contributed by atoms with Gasteiger partial charge in [0.15, 0.2) is 6.23 Å². The van der Waals surface area contributed by atoms with Crippen LogP contribution in [0.15, 0.2) is 26.4 Å². The summed E-state index contributed by atoms with van der Waals surface area (Å²) in [6.07, 6.45) is 5.48. The molecule has 2 fully saturated rings. The predicted octanol–water partition coefficient (Wildman–Crippen LogP) is 0.165. The van der Waals surface area contributed by atoms with Crippen LogP contribution in [0.4, 0.5) is 0 Å². The fourth-order valence-electron chi connectivity index (χ4n) is 5.78. The molecule has 13 heteroatoms. The molecule has 0 aromatic carbocycles. The summed E-state index contributed by atoms with van der Waals surface area (Å²) in [6.45, 7) is -0.564. The third-order valence-corrected chi connectivity index (χ3v) is 7.89. The Kier molecular flexibility index (Phi) is 5.76. The molecule has 6 atom stereocenters. The van der Waals surface area contributed by atoms with E-state index in [4.69, 9.17) is 30.2 Å². The summed E-state index contributed by atoms with van der Waals surface area (Å²) in [5.74, 6) is 0.354. The average molecular weight is 483 g/mol. The van der Waals surface area contributed by atoms with Gasteiger partial charge in [-0.05, 0) is 32.1 Å². The van der Waals surface area contributed by atoms with E-state index in [1.54, 1.807) is 6.34 Å². The number of aliphatic hydroxyl groups excluding tert-OH is 2. The van der Waals surface area contributed by atoms with Gasteiger partial charge in [0.25, 0.3) is 0 Å². The third kappa shape index (κ3) is 3.97. The molecule has 5 aliphatic rings. The number of phosphoric acid groups is 1. The molecule has 6 N–H and O–H groups in total. The molecule has 4 aliphatic heterocycles. The van der Waals surface area contributed by atoms with Crippen molar-refractivity contribution in [2.24, 2.45) is 20.7 Å². The van der Waals surface area contributed by atoms with Gasteiger partial charge >= 0.3 is 7.82 Å². The summed E-state index contributed by atoms with van der Waals surface area (Å²) in [6, 6.07) is 0. The van der Waals surface area contributed by atoms with Crippen molar-refractivity contribution in [2.45, 2.75) is 87.0 Å². The third-order valence-electron chi connectivity index (χ3n) is 7.41. The highest BCUT2D eigenvalue weighted by molar-refractivity contribution is 7.46. The van der Waals surface area contributed by atoms with E-state index >= 15 is 0 Å². The van der Waals surface area contributed by atoms with Crippen LogP contribution in [0.25, 0.3) is 0 Å². The molecular weight excluding hydrogens is 453 g/mol. The van der Waals surface area contributed by atoms with Crippen molar-refractivity contribution >= 4 is 26.2 Å². The number of aliphatic hydroxyl groups is 2. The lowest BCUT2D eigenvalue weighted by molar-refractivity contribution is -0.0995. The smallest absolute Gasteiger partial charge is 0.387 e. The fraction of sp³-hybridized carbons (Fsp3) is 0.750. The Balaban J connectivity index is 1.53. The zero-order valence-electron chi connectivity index (χ0n) is 18.2. The summed E-state index contributed by atoms with van der Waals surface area (Å²) in [5, 5.41) is 21.4. The number of hydrogen-bond donors (Lipinski definition) is 5. The molecule has 12 nitrogen and oxygen atoms in total. The summed E-state index contributed by atoms with van der Waals surface area (Å²) in [5.41, 5.74) is 6.52. The zero-order valence-corrected chi connectivity index (χ0v) is 19.0. The average Bonchev–Trinajstić information content (AvgIpc) is 2.94. The molecule has 5 rings (SSSR count). The Morgan fingerprint density at radius 3 is 2.64 bits per heavy atom. The minimum absolute atomic E-state index is 0.354. The summed E-state index contributed by atoms with van der Waals surface area (Å²) in [7, 11) is -4.76. The first-order valence-corrected chi connectivity index (χ1v) is 12.9. The number of rotatable bonds is 4. The number of nitrogens with two attached hydrogens (primary N) is 1. The number of fused-ring (bicyclic) bond motifs is 2. The molecule has 33 heavy (non-hydrogen) atoms. The highest BCUT2D eigenvalue weighted by Gasteiger charge is 2.55. The highest BCUT2D eigenvalue weighted by Crippen LogP contribution is 2.48. The van der Waals surface area contributed by atoms with Crippen LogP contribution < -0.4 is 5.73 Å². The van der Waals surface area contributed by atoms with Crippen LogP contribution in [-0.2, 0) is 13.8 Å². The van der Waals surface area contributed by atoms with Crippen LogP contribution in [0.1, 0.15) is 51.4 Å². The molecule has 0 aromatic rings. The quantitative estimate of drug-likeness (QED) is 0.348. The summed E-state index contributed by atoms with van der Waals surface area (Å²) >= 11 is 0. The molecule has 1 saturated heterocycles. The zero-order chi connectivity index (χ0) is 23.4. The topological polar surface area (TPSA) is 183 Å². The van der Waals surface area contributed by atoms with Crippen molar-refractivity contribution in [3.8, 4) is 0 Å². The van der Waals surface area contributed by atoms with E-state index in [0.29, 0.717) is 23.7 Å². The monoisotopic (exact) mass is 483 g/mol. The van der Waals surface area contributed by atoms with Gasteiger partial charge in [-0.25, -0.2) is 9.56 Å². The number of aliphatic imine (C=N–C) groups is 3. The minimum Gasteiger partial charge on any atom is -0.387 e. The standard InChI is InChI=1S/C20H30N5O7P/c21-17-13-16-20(7-3-1-2-5-19(24-17,10-22-16)6-4-8-20)25(11-23-13)18-15(27)14(26)12(32-18)9-31-33(28,29)30/h10-12,14-15,18,26-27H,1-9H2,(H2,21,24)(H2,28,29,30). The molecule has 6 unspecified atom stereocenters. The summed E-state index contributed by atoms with van der Waals surface area (Å²) < 4.78 is 21.6. The van der Waals surface area contributed by atoms with Crippen LogP contribution >= 0.6 is 7.82 Å². The van der Waals surface area contributed by atoms with E-state index in [2.05, 4.69) is 9.52 Å². The van der Waals surface area contributed by atoms with Gasteiger partial charge in [-0.1, -0.05) is 19.3 Å². The lowest BCUT2D eigenvalue weighted by Crippen LogP contribution is -2.59. The molecule has 0 radical (unpaired) electrons. The van der Waals surface area contributed by atoms with Crippen LogP contribution in [0, 0.1) is 0 Å². The second kappa shape index (κ2) is 8.23. The van der Waals surface area contributed by atoms with Crippen molar-refractivity contribution in [3.63, 3.8) is 0 Å². The van der Waals surface area contributed by atoms with E-state index in [-0.39, 0.29) is 0 Å². The molecule has 4 heterocycles. The number of phosphoric ester groups is 1. The predicted molar refractivity (Wildman–Crippen MR) is 119 cm³/mol. The maximum atomic E-state index is 11.1. The molecule has 182 valence electrons. The van der Waals surface area contributed by atoms with Crippen molar-refractivity contribution in [1.29, 1.82) is 0 Å². The van der Waals surface area contributed by atoms with Gasteiger partial charge in [-0.3, -0.25) is 14.5 Å². The summed E-state index contributed by atoms with van der Waals surface area (Å²) in [4.78, 5) is 34.1. The van der Waals surface area contributed by atoms with Crippen LogP contribution in [0.5, 0.6) is 0 Å². The van der Waals surface area contributed by atoms with Gasteiger partial charge < -0.3 is 35.4 Å². The fourth-order valence-corrected chi connectivity index (χ4v) is 6.13. The number of nitrogens with zero attached hydrogens (tertiary/aromatic N) is 4. The van der Waals surface area contributed by atoms with Crippen molar-refractivity contribution < 1.29 is 33.8 Å². The van der Waals surface area contributed by atoms with Crippen molar-refractivity contribution in [2.75, 3.05) is 6.61 Å². The van der Waals surface area contributed by atoms with Crippen LogP contribution in [0.2, 0.25) is 0 Å². The number of amidine groups is 1. The van der Waals surface area contributed by atoms with Crippen LogP contribution in [-0.4, -0.2) is 85.5 Å². The second-order valence-electron chi connectivity index (χ2n) is 9.49. The Morgan fingerprint density at radius 2 is 1.85 bits per heavy atom. The number of hydrogen-bond acceptors (Lipinski definition) is 10. The van der Waals surface area contributed by atoms with Gasteiger partial charge in [0.05, 0.1) is 29.7 Å². The van der Waals surface area contributed by atoms with Crippen molar-refractivity contribution in [1.82, 2.24) is 4.90 Å². The molecule has 1 aliphatic carbocycles. The molecule has 2 spiro atoms. The SMILES string of the molecule is NC1=NC23C=NC4=C1N=CN(C1OC(COP(=O)(O)O)C(O)C1O)C4(CCCCC2)CCC3. The largest absolute Gasteiger partial charge is 0.469 e. The van der Waals surface area contributed by atoms with Crippen LogP contribution in [0.3, 0.4) is 0 Å². The molecule has 3 bridgehead atoms. The van der Waals surface area contributed by atoms with Gasteiger partial charge in [-0.2, -0.15) is 0 Å². The molecule has 0 aromatic heterocycles. The van der Waals surface area contributed by atoms with E-state index in [1.165, 1.54) is 0 Å². The first-order chi connectivity index (χ1) is 15.6. The van der Waals surface area contributed by atoms with E-state index in [0.717, 1.165) is 44.9 Å². The molecule has 1 saturated carbocycles. The second-order valence-corrected chi connectivity index (χ2v) is 10.7. The highest BCUT2D eigenvalue weighted by atomic mass is 31.2. The van der Waals surface area contributed by atoms with E-state index in [1.807, 2.05) is 11.1 Å². The first-order valence-electron chi connectivity index (χ1n) is 11.3. The lowest BCUT2D eigenvalue weighted by Gasteiger charge is -2.49. The minimum atomic E-state index is -4.76. The van der Waals surface area contributed by atoms with E-state index < -0.39 is 50.0 Å². The van der Waals surface area contributed by atoms with Crippen molar-refractivity contribution in [3.05, 3.63) is 11.4 Å². The van der Waals surface area contributed by atoms with E-state index in [9.17, 15) is 14.8 Å².